The molecule has 2 rings (SSSR count). The molecule has 1 saturated heterocycles. The lowest BCUT2D eigenvalue weighted by atomic mass is 10.1. The number of hydrogen-bond acceptors (Lipinski definition) is 4. The van der Waals surface area contributed by atoms with Crippen molar-refractivity contribution >= 4 is 27.7 Å². The predicted molar refractivity (Wildman–Crippen MR) is 80.8 cm³/mol. The molecule has 0 atom stereocenters. The molecule has 0 saturated carbocycles. The van der Waals surface area contributed by atoms with Crippen molar-refractivity contribution in [3.05, 3.63) is 22.7 Å². The van der Waals surface area contributed by atoms with Gasteiger partial charge < -0.3 is 20.1 Å². The number of halogens is 1. The smallest absolute Gasteiger partial charge is 0.410 e. The Hall–Kier alpha value is -1.43. The molecule has 1 aromatic carbocycles. The van der Waals surface area contributed by atoms with Gasteiger partial charge >= 0.3 is 6.09 Å². The van der Waals surface area contributed by atoms with Crippen LogP contribution in [-0.4, -0.2) is 35.8 Å². The Morgan fingerprint density at radius 3 is 2.60 bits per heavy atom. The zero-order valence-electron chi connectivity index (χ0n) is 11.9. The Morgan fingerprint density at radius 1 is 1.40 bits per heavy atom. The highest BCUT2D eigenvalue weighted by Gasteiger charge is 2.35. The average Bonchev–Trinajstić information content (AvgIpc) is 2.22. The van der Waals surface area contributed by atoms with Gasteiger partial charge in [0, 0.05) is 5.69 Å². The van der Waals surface area contributed by atoms with Gasteiger partial charge in [0.1, 0.15) is 17.5 Å². The van der Waals surface area contributed by atoms with E-state index in [-0.39, 0.29) is 12.2 Å². The van der Waals surface area contributed by atoms with Crippen LogP contribution in [0.4, 0.5) is 10.5 Å². The molecule has 1 aliphatic rings. The zero-order chi connectivity index (χ0) is 14.9. The van der Waals surface area contributed by atoms with E-state index in [1.165, 1.54) is 0 Å². The van der Waals surface area contributed by atoms with Gasteiger partial charge in [-0.2, -0.15) is 0 Å². The third-order valence-corrected chi connectivity index (χ3v) is 3.37. The molecule has 0 unspecified atom stereocenters. The molecular weight excluding hydrogens is 324 g/mol. The van der Waals surface area contributed by atoms with Crippen LogP contribution < -0.4 is 10.5 Å². The van der Waals surface area contributed by atoms with Crippen LogP contribution in [0, 0.1) is 0 Å². The Bertz CT molecular complexity index is 508. The summed E-state index contributed by atoms with van der Waals surface area (Å²) in [6.07, 6.45) is -0.309. The van der Waals surface area contributed by atoms with Gasteiger partial charge in [-0.15, -0.1) is 0 Å². The summed E-state index contributed by atoms with van der Waals surface area (Å²) in [4.78, 5) is 13.4. The minimum atomic E-state index is -0.469. The number of amides is 1. The molecule has 2 N–H and O–H groups in total. The molecule has 110 valence electrons. The fourth-order valence-corrected chi connectivity index (χ4v) is 2.27. The monoisotopic (exact) mass is 342 g/mol. The summed E-state index contributed by atoms with van der Waals surface area (Å²) in [6.45, 7) is 6.62. The van der Waals surface area contributed by atoms with Crippen LogP contribution in [0.15, 0.2) is 22.7 Å². The van der Waals surface area contributed by atoms with E-state index in [1.807, 2.05) is 26.8 Å². The number of carbonyl (C=O) groups excluding carboxylic acids is 1. The minimum absolute atomic E-state index is 0.0116. The number of anilines is 1. The Labute approximate surface area is 127 Å². The molecule has 1 aromatic rings. The summed E-state index contributed by atoms with van der Waals surface area (Å²) in [6, 6.07) is 5.39. The van der Waals surface area contributed by atoms with E-state index in [4.69, 9.17) is 15.2 Å². The Morgan fingerprint density at radius 2 is 2.05 bits per heavy atom. The van der Waals surface area contributed by atoms with Crippen molar-refractivity contribution in [2.45, 2.75) is 32.5 Å². The van der Waals surface area contributed by atoms with Gasteiger partial charge in [0.15, 0.2) is 0 Å². The van der Waals surface area contributed by atoms with Crippen molar-refractivity contribution in [3.8, 4) is 5.75 Å². The molecule has 6 heteroatoms. The lowest BCUT2D eigenvalue weighted by Crippen LogP contribution is -2.57. The second-order valence-corrected chi connectivity index (χ2v) is 6.67. The fourth-order valence-electron chi connectivity index (χ4n) is 1.78. The van der Waals surface area contributed by atoms with Gasteiger partial charge in [-0.05, 0) is 54.9 Å². The average molecular weight is 343 g/mol. The molecule has 5 nitrogen and oxygen atoms in total. The van der Waals surface area contributed by atoms with Crippen molar-refractivity contribution in [2.24, 2.45) is 0 Å². The highest BCUT2D eigenvalue weighted by molar-refractivity contribution is 9.10. The van der Waals surface area contributed by atoms with Gasteiger partial charge in [-0.25, -0.2) is 4.79 Å². The number of rotatable bonds is 2. The van der Waals surface area contributed by atoms with E-state index in [2.05, 4.69) is 15.9 Å². The first-order valence-electron chi connectivity index (χ1n) is 6.44. The van der Waals surface area contributed by atoms with Gasteiger partial charge in [0.2, 0.25) is 0 Å². The maximum atomic E-state index is 11.8. The van der Waals surface area contributed by atoms with Gasteiger partial charge in [-0.3, -0.25) is 0 Å². The first kappa shape index (κ1) is 15.0. The SMILES string of the molecule is CC(C)(C)OC(=O)N1CC(Oc2ccc(N)cc2Br)C1. The Kier molecular flexibility index (Phi) is 4.13. The van der Waals surface area contributed by atoms with Crippen LogP contribution in [0.1, 0.15) is 20.8 Å². The molecule has 20 heavy (non-hydrogen) atoms. The van der Waals surface area contributed by atoms with Crippen LogP contribution in [0.5, 0.6) is 5.75 Å². The first-order valence-corrected chi connectivity index (χ1v) is 7.23. The van der Waals surface area contributed by atoms with Crippen molar-refractivity contribution in [1.29, 1.82) is 0 Å². The van der Waals surface area contributed by atoms with Crippen LogP contribution >= 0.6 is 15.9 Å². The molecule has 1 amide bonds. The highest BCUT2D eigenvalue weighted by atomic mass is 79.9. The summed E-state index contributed by atoms with van der Waals surface area (Å²) < 4.78 is 11.9. The summed E-state index contributed by atoms with van der Waals surface area (Å²) in [5.74, 6) is 0.730. The largest absolute Gasteiger partial charge is 0.486 e. The zero-order valence-corrected chi connectivity index (χ0v) is 13.4. The molecule has 0 radical (unpaired) electrons. The number of nitrogen functional groups attached to an aromatic ring is 1. The predicted octanol–water partition coefficient (Wildman–Crippen LogP) is 3.03. The second-order valence-electron chi connectivity index (χ2n) is 5.82. The van der Waals surface area contributed by atoms with Crippen molar-refractivity contribution < 1.29 is 14.3 Å². The minimum Gasteiger partial charge on any atom is -0.486 e. The van der Waals surface area contributed by atoms with Crippen LogP contribution in [0.2, 0.25) is 0 Å². The number of ether oxygens (including phenoxy) is 2. The number of nitrogens with two attached hydrogens (primary N) is 1. The first-order chi connectivity index (χ1) is 9.24. The van der Waals surface area contributed by atoms with Crippen LogP contribution in [0.3, 0.4) is 0 Å². The third-order valence-electron chi connectivity index (χ3n) is 2.75. The van der Waals surface area contributed by atoms with Gasteiger partial charge in [0.25, 0.3) is 0 Å². The maximum Gasteiger partial charge on any atom is 0.410 e. The normalized spacial score (nSPS) is 15.7. The number of likely N-dealkylation sites (tertiary alicyclic amines) is 1. The number of nitrogens with zero attached hydrogens (tertiary/aromatic N) is 1. The quantitative estimate of drug-likeness (QED) is 0.839. The van der Waals surface area contributed by atoms with Crippen molar-refractivity contribution in [1.82, 2.24) is 4.90 Å². The van der Waals surface area contributed by atoms with Gasteiger partial charge in [0.05, 0.1) is 17.6 Å². The third kappa shape index (κ3) is 3.79. The van der Waals surface area contributed by atoms with E-state index in [0.29, 0.717) is 18.8 Å². The van der Waals surface area contributed by atoms with E-state index in [0.717, 1.165) is 10.2 Å². The summed E-state index contributed by atoms with van der Waals surface area (Å²) >= 11 is 3.40. The van der Waals surface area contributed by atoms with Crippen molar-refractivity contribution in [3.63, 3.8) is 0 Å². The van der Waals surface area contributed by atoms with Crippen molar-refractivity contribution in [2.75, 3.05) is 18.8 Å². The lowest BCUT2D eigenvalue weighted by molar-refractivity contribution is -0.0223. The fraction of sp³-hybridized carbons (Fsp3) is 0.500. The molecule has 0 aliphatic carbocycles. The molecule has 0 aromatic heterocycles. The number of hydrogen-bond donors (Lipinski definition) is 1. The summed E-state index contributed by atoms with van der Waals surface area (Å²) in [7, 11) is 0. The molecule has 1 heterocycles. The van der Waals surface area contributed by atoms with E-state index < -0.39 is 5.60 Å². The topological polar surface area (TPSA) is 64.8 Å². The van der Waals surface area contributed by atoms with E-state index >= 15 is 0 Å². The van der Waals surface area contributed by atoms with E-state index in [1.54, 1.807) is 17.0 Å². The standard InChI is InChI=1S/C14H19BrN2O3/c1-14(2,3)20-13(18)17-7-10(8-17)19-12-5-4-9(16)6-11(12)15/h4-6,10H,7-8,16H2,1-3H3. The number of benzene rings is 1. The van der Waals surface area contributed by atoms with Crippen LogP contribution in [0.25, 0.3) is 0 Å². The molecular formula is C14H19BrN2O3. The van der Waals surface area contributed by atoms with Crippen LogP contribution in [-0.2, 0) is 4.74 Å². The summed E-state index contributed by atoms with van der Waals surface area (Å²) in [5.41, 5.74) is 5.88. The highest BCUT2D eigenvalue weighted by Crippen LogP contribution is 2.29. The summed E-state index contributed by atoms with van der Waals surface area (Å²) in [5, 5.41) is 0. The molecule has 1 aliphatic heterocycles. The molecule has 0 spiro atoms. The second kappa shape index (κ2) is 5.52. The molecule has 0 bridgehead atoms. The van der Waals surface area contributed by atoms with Gasteiger partial charge in [-0.1, -0.05) is 0 Å². The lowest BCUT2D eigenvalue weighted by Gasteiger charge is -2.39. The number of carbonyl (C=O) groups is 1. The molecule has 1 fully saturated rings. The Balaban J connectivity index is 1.83. The maximum absolute atomic E-state index is 11.8. The van der Waals surface area contributed by atoms with E-state index in [9.17, 15) is 4.79 Å².